The predicted molar refractivity (Wildman–Crippen MR) is 115 cm³/mol. The molecule has 0 unspecified atom stereocenters. The molecule has 6 heteroatoms. The molecule has 0 atom stereocenters. The molecule has 0 aromatic heterocycles. The van der Waals surface area contributed by atoms with Crippen LogP contribution in [0.5, 0.6) is 0 Å². The van der Waals surface area contributed by atoms with E-state index in [0.717, 1.165) is 19.6 Å². The number of rotatable bonds is 7. The van der Waals surface area contributed by atoms with Gasteiger partial charge in [-0.25, -0.2) is 4.79 Å². The van der Waals surface area contributed by atoms with Crippen molar-refractivity contribution >= 4 is 12.0 Å². The maximum absolute atomic E-state index is 12.7. The largest absolute Gasteiger partial charge is 0.444 e. The summed E-state index contributed by atoms with van der Waals surface area (Å²) in [4.78, 5) is 28.1. The molecule has 1 fully saturated rings. The molecule has 0 saturated carbocycles. The van der Waals surface area contributed by atoms with Crippen molar-refractivity contribution in [2.24, 2.45) is 5.92 Å². The van der Waals surface area contributed by atoms with Gasteiger partial charge in [-0.3, -0.25) is 4.79 Å². The number of benzene rings is 1. The number of hydrogen-bond acceptors (Lipinski definition) is 3. The number of piperidine rings is 1. The van der Waals surface area contributed by atoms with Crippen LogP contribution in [0, 0.1) is 5.92 Å². The van der Waals surface area contributed by atoms with Crippen LogP contribution < -0.4 is 10.2 Å². The summed E-state index contributed by atoms with van der Waals surface area (Å²) in [6.07, 6.45) is 1.07. The molecule has 0 bridgehead atoms. The van der Waals surface area contributed by atoms with E-state index >= 15 is 0 Å². The predicted octanol–water partition coefficient (Wildman–Crippen LogP) is 2.37. The van der Waals surface area contributed by atoms with Crippen molar-refractivity contribution in [3.63, 3.8) is 0 Å². The van der Waals surface area contributed by atoms with Crippen molar-refractivity contribution in [2.75, 3.05) is 26.2 Å². The van der Waals surface area contributed by atoms with Gasteiger partial charge in [0.05, 0.1) is 13.1 Å². The highest BCUT2D eigenvalue weighted by Gasteiger charge is 2.29. The third-order valence-electron chi connectivity index (χ3n) is 5.53. The summed E-state index contributed by atoms with van der Waals surface area (Å²) in [6, 6.07) is 8.35. The molecule has 2 N–H and O–H groups in total. The second-order valence-corrected chi connectivity index (χ2v) is 8.86. The van der Waals surface area contributed by atoms with E-state index in [1.54, 1.807) is 4.90 Å². The highest BCUT2D eigenvalue weighted by atomic mass is 16.6. The fraction of sp³-hybridized carbons (Fsp3) is 0.652. The first-order valence-corrected chi connectivity index (χ1v) is 10.9. The van der Waals surface area contributed by atoms with Gasteiger partial charge >= 0.3 is 6.09 Å². The SMILES string of the molecule is CC[NH+](CC)Cc1ccccc1CNC(=O)C1CCN(C(=O)OC(C)(C)C)CC1. The summed E-state index contributed by atoms with van der Waals surface area (Å²) in [5.74, 6) is 0.0353. The second kappa shape index (κ2) is 10.6. The number of hydrogen-bond donors (Lipinski definition) is 2. The lowest BCUT2D eigenvalue weighted by atomic mass is 9.96. The zero-order valence-corrected chi connectivity index (χ0v) is 18.7. The Hall–Kier alpha value is -2.08. The molecule has 1 aromatic carbocycles. The molecule has 2 amide bonds. The van der Waals surface area contributed by atoms with E-state index < -0.39 is 5.60 Å². The minimum absolute atomic E-state index is 0.0470. The zero-order chi connectivity index (χ0) is 21.4. The summed E-state index contributed by atoms with van der Waals surface area (Å²) in [6.45, 7) is 14.8. The van der Waals surface area contributed by atoms with E-state index in [2.05, 4.69) is 37.4 Å². The first kappa shape index (κ1) is 23.2. The number of quaternary nitrogens is 1. The molecule has 0 spiro atoms. The molecule has 1 aromatic rings. The van der Waals surface area contributed by atoms with Gasteiger partial charge in [0.1, 0.15) is 12.1 Å². The lowest BCUT2D eigenvalue weighted by Gasteiger charge is -2.33. The van der Waals surface area contributed by atoms with Gasteiger partial charge in [0.2, 0.25) is 5.91 Å². The monoisotopic (exact) mass is 404 g/mol. The van der Waals surface area contributed by atoms with Gasteiger partial charge in [-0.05, 0) is 53.0 Å². The fourth-order valence-electron chi connectivity index (χ4n) is 3.65. The van der Waals surface area contributed by atoms with E-state index in [0.29, 0.717) is 32.5 Å². The number of likely N-dealkylation sites (tertiary alicyclic amines) is 1. The van der Waals surface area contributed by atoms with Crippen LogP contribution in [0.3, 0.4) is 0 Å². The average Bonchev–Trinajstić information content (AvgIpc) is 2.69. The summed E-state index contributed by atoms with van der Waals surface area (Å²) >= 11 is 0. The third kappa shape index (κ3) is 7.35. The maximum Gasteiger partial charge on any atom is 0.410 e. The topological polar surface area (TPSA) is 63.1 Å². The Morgan fingerprint density at radius 2 is 1.69 bits per heavy atom. The molecule has 0 aliphatic carbocycles. The molecular weight excluding hydrogens is 366 g/mol. The van der Waals surface area contributed by atoms with Crippen LogP contribution in [-0.2, 0) is 22.6 Å². The highest BCUT2D eigenvalue weighted by molar-refractivity contribution is 5.79. The van der Waals surface area contributed by atoms with E-state index in [-0.39, 0.29) is 17.9 Å². The molecule has 6 nitrogen and oxygen atoms in total. The van der Waals surface area contributed by atoms with Gasteiger partial charge in [-0.15, -0.1) is 0 Å². The van der Waals surface area contributed by atoms with Crippen LogP contribution in [0.1, 0.15) is 58.6 Å². The summed E-state index contributed by atoms with van der Waals surface area (Å²) in [7, 11) is 0. The van der Waals surface area contributed by atoms with E-state index in [4.69, 9.17) is 4.74 Å². The Kier molecular flexibility index (Phi) is 8.50. The quantitative estimate of drug-likeness (QED) is 0.733. The number of amides is 2. The lowest BCUT2D eigenvalue weighted by Crippen LogP contribution is -3.10. The van der Waals surface area contributed by atoms with Gasteiger partial charge in [-0.2, -0.15) is 0 Å². The Balaban J connectivity index is 1.84. The summed E-state index contributed by atoms with van der Waals surface area (Å²) < 4.78 is 5.43. The molecule has 2 rings (SSSR count). The van der Waals surface area contributed by atoms with Crippen molar-refractivity contribution in [1.82, 2.24) is 10.2 Å². The zero-order valence-electron chi connectivity index (χ0n) is 18.7. The van der Waals surface area contributed by atoms with Crippen LogP contribution in [0.25, 0.3) is 0 Å². The molecular formula is C23H38N3O3+. The Bertz CT molecular complexity index is 672. The van der Waals surface area contributed by atoms with Crippen molar-refractivity contribution in [3.8, 4) is 0 Å². The molecule has 1 aliphatic rings. The number of nitrogens with zero attached hydrogens (tertiary/aromatic N) is 1. The number of ether oxygens (including phenoxy) is 1. The Labute approximate surface area is 175 Å². The molecule has 0 radical (unpaired) electrons. The number of carbonyl (C=O) groups is 2. The van der Waals surface area contributed by atoms with E-state index in [9.17, 15) is 9.59 Å². The van der Waals surface area contributed by atoms with Crippen molar-refractivity contribution in [3.05, 3.63) is 35.4 Å². The average molecular weight is 405 g/mol. The Morgan fingerprint density at radius 3 is 2.24 bits per heavy atom. The highest BCUT2D eigenvalue weighted by Crippen LogP contribution is 2.20. The van der Waals surface area contributed by atoms with Crippen LogP contribution in [0.4, 0.5) is 4.79 Å². The smallest absolute Gasteiger partial charge is 0.410 e. The standard InChI is InChI=1S/C23H37N3O3/c1-6-25(7-2)17-20-11-9-8-10-19(20)16-24-21(27)18-12-14-26(15-13-18)22(28)29-23(3,4)5/h8-11,18H,6-7,12-17H2,1-5H3,(H,24,27)/p+1. The van der Waals surface area contributed by atoms with Gasteiger partial charge in [0, 0.05) is 31.1 Å². The normalized spacial score (nSPS) is 15.4. The van der Waals surface area contributed by atoms with E-state index in [1.807, 2.05) is 26.8 Å². The first-order valence-electron chi connectivity index (χ1n) is 10.9. The number of carbonyl (C=O) groups excluding carboxylic acids is 2. The van der Waals surface area contributed by atoms with Crippen molar-refractivity contribution < 1.29 is 19.2 Å². The van der Waals surface area contributed by atoms with Gasteiger partial charge < -0.3 is 19.9 Å². The summed E-state index contributed by atoms with van der Waals surface area (Å²) in [5, 5.41) is 3.12. The van der Waals surface area contributed by atoms with E-state index in [1.165, 1.54) is 16.0 Å². The first-order chi connectivity index (χ1) is 13.7. The van der Waals surface area contributed by atoms with Crippen molar-refractivity contribution in [1.29, 1.82) is 0 Å². The lowest BCUT2D eigenvalue weighted by molar-refractivity contribution is -0.910. The molecule has 29 heavy (non-hydrogen) atoms. The van der Waals surface area contributed by atoms with Gasteiger partial charge in [0.25, 0.3) is 0 Å². The van der Waals surface area contributed by atoms with Crippen LogP contribution >= 0.6 is 0 Å². The minimum atomic E-state index is -0.495. The van der Waals surface area contributed by atoms with Gasteiger partial charge in [0.15, 0.2) is 0 Å². The fourth-order valence-corrected chi connectivity index (χ4v) is 3.65. The second-order valence-electron chi connectivity index (χ2n) is 8.86. The number of nitrogens with one attached hydrogen (secondary N) is 2. The Morgan fingerprint density at radius 1 is 1.10 bits per heavy atom. The third-order valence-corrected chi connectivity index (χ3v) is 5.53. The van der Waals surface area contributed by atoms with Crippen LogP contribution in [0.2, 0.25) is 0 Å². The molecule has 1 heterocycles. The summed E-state index contributed by atoms with van der Waals surface area (Å²) in [5.41, 5.74) is 1.99. The molecule has 162 valence electrons. The maximum atomic E-state index is 12.7. The van der Waals surface area contributed by atoms with Crippen LogP contribution in [-0.4, -0.2) is 48.7 Å². The van der Waals surface area contributed by atoms with Gasteiger partial charge in [-0.1, -0.05) is 24.3 Å². The minimum Gasteiger partial charge on any atom is -0.444 e. The molecule has 1 saturated heterocycles. The van der Waals surface area contributed by atoms with Crippen LogP contribution in [0.15, 0.2) is 24.3 Å². The molecule has 1 aliphatic heterocycles. The van der Waals surface area contributed by atoms with Crippen molar-refractivity contribution in [2.45, 2.75) is 66.2 Å².